The fourth-order valence-corrected chi connectivity index (χ4v) is 2.93. The molecule has 21 heavy (non-hydrogen) atoms. The first kappa shape index (κ1) is 15.4. The molecule has 0 spiro atoms. The second kappa shape index (κ2) is 6.61. The summed E-state index contributed by atoms with van der Waals surface area (Å²) < 4.78 is 0. The third-order valence-corrected chi connectivity index (χ3v) is 3.98. The Balaban J connectivity index is 0.000000147. The summed E-state index contributed by atoms with van der Waals surface area (Å²) >= 11 is 0. The Morgan fingerprint density at radius 1 is 1.29 bits per heavy atom. The number of allylic oxidation sites excluding steroid dienone is 1. The molecule has 4 heterocycles. The molecular weight excluding hydrogens is 264 g/mol. The zero-order valence-electron chi connectivity index (χ0n) is 11.6. The molecule has 5 nitrogen and oxygen atoms in total. The molecule has 0 saturated carbocycles. The van der Waals surface area contributed by atoms with Gasteiger partial charge < -0.3 is 15.1 Å². The van der Waals surface area contributed by atoms with Gasteiger partial charge in [-0.15, -0.1) is 0 Å². The molecule has 1 N–H and O–H groups in total. The van der Waals surface area contributed by atoms with Crippen LogP contribution in [0.4, 0.5) is 0 Å². The van der Waals surface area contributed by atoms with Crippen LogP contribution in [0.2, 0.25) is 0 Å². The van der Waals surface area contributed by atoms with E-state index in [1.54, 1.807) is 12.3 Å². The number of nitrogens with one attached hydrogen (secondary N) is 1. The lowest BCUT2D eigenvalue weighted by Crippen LogP contribution is -2.44. The number of nitrogens with zero attached hydrogens (tertiary/aromatic N) is 3. The molecule has 0 aromatic heterocycles. The van der Waals surface area contributed by atoms with Crippen LogP contribution in [-0.4, -0.2) is 40.8 Å². The quantitative estimate of drug-likeness (QED) is 0.743. The highest BCUT2D eigenvalue weighted by molar-refractivity contribution is 5.88. The monoisotopic (exact) mass is 288 g/mol. The van der Waals surface area contributed by atoms with Gasteiger partial charge in [-0.05, 0) is 25.3 Å². The molecule has 2 saturated heterocycles. The number of carbonyl (C=O) groups is 1. The summed E-state index contributed by atoms with van der Waals surface area (Å²) in [4.78, 5) is 19.4. The fraction of sp³-hybridized carbons (Fsp3) is 0.500. The number of aliphatic imine (C=N–C) groups is 1. The SMILES string of the molecule is C.C=C1C=CN=C2CCCN12.O=C1C=CNC2CCCN12. The smallest absolute Gasteiger partial charge is 0.249 e. The average Bonchev–Trinajstić information content (AvgIpc) is 3.08. The van der Waals surface area contributed by atoms with E-state index in [-0.39, 0.29) is 19.5 Å². The summed E-state index contributed by atoms with van der Waals surface area (Å²) in [6, 6.07) is 0. The van der Waals surface area contributed by atoms with Crippen LogP contribution in [0.25, 0.3) is 0 Å². The molecule has 0 aromatic rings. The Morgan fingerprint density at radius 2 is 2.14 bits per heavy atom. The van der Waals surface area contributed by atoms with Gasteiger partial charge in [0.2, 0.25) is 5.91 Å². The first-order chi connectivity index (χ1) is 9.75. The van der Waals surface area contributed by atoms with E-state index in [1.807, 2.05) is 17.2 Å². The molecule has 2 fully saturated rings. The van der Waals surface area contributed by atoms with Crippen molar-refractivity contribution in [1.82, 2.24) is 15.1 Å². The van der Waals surface area contributed by atoms with Crippen LogP contribution >= 0.6 is 0 Å². The highest BCUT2D eigenvalue weighted by Gasteiger charge is 2.28. The minimum atomic E-state index is 0. The van der Waals surface area contributed by atoms with Gasteiger partial charge >= 0.3 is 0 Å². The van der Waals surface area contributed by atoms with Crippen LogP contribution in [0.5, 0.6) is 0 Å². The van der Waals surface area contributed by atoms with E-state index in [2.05, 4.69) is 21.8 Å². The Morgan fingerprint density at radius 3 is 2.90 bits per heavy atom. The van der Waals surface area contributed by atoms with Gasteiger partial charge in [-0.1, -0.05) is 14.0 Å². The first-order valence-corrected chi connectivity index (χ1v) is 7.18. The van der Waals surface area contributed by atoms with Gasteiger partial charge in [0, 0.05) is 43.7 Å². The van der Waals surface area contributed by atoms with Crippen molar-refractivity contribution in [2.45, 2.75) is 39.3 Å². The van der Waals surface area contributed by atoms with E-state index in [9.17, 15) is 4.79 Å². The summed E-state index contributed by atoms with van der Waals surface area (Å²) in [7, 11) is 0. The molecule has 4 rings (SSSR count). The zero-order chi connectivity index (χ0) is 13.9. The van der Waals surface area contributed by atoms with Gasteiger partial charge in [-0.3, -0.25) is 4.79 Å². The summed E-state index contributed by atoms with van der Waals surface area (Å²) in [6.45, 7) is 5.93. The largest absolute Gasteiger partial charge is 0.371 e. The van der Waals surface area contributed by atoms with Crippen molar-refractivity contribution >= 4 is 11.7 Å². The lowest BCUT2D eigenvalue weighted by molar-refractivity contribution is -0.127. The summed E-state index contributed by atoms with van der Waals surface area (Å²) in [6.07, 6.45) is 12.0. The zero-order valence-corrected chi connectivity index (χ0v) is 11.6. The third kappa shape index (κ3) is 3.17. The predicted octanol–water partition coefficient (Wildman–Crippen LogP) is 2.21. The number of hydrogen-bond donors (Lipinski definition) is 1. The number of amidine groups is 1. The van der Waals surface area contributed by atoms with E-state index in [1.165, 1.54) is 12.3 Å². The Bertz CT molecular complexity index is 504. The summed E-state index contributed by atoms with van der Waals surface area (Å²) in [5.74, 6) is 1.34. The van der Waals surface area contributed by atoms with Crippen molar-refractivity contribution < 1.29 is 4.79 Å². The Labute approximate surface area is 126 Å². The topological polar surface area (TPSA) is 47.9 Å². The van der Waals surface area contributed by atoms with Crippen LogP contribution in [-0.2, 0) is 4.79 Å². The predicted molar refractivity (Wildman–Crippen MR) is 85.4 cm³/mol. The van der Waals surface area contributed by atoms with Gasteiger partial charge in [-0.2, -0.15) is 0 Å². The molecule has 5 heteroatoms. The van der Waals surface area contributed by atoms with Crippen LogP contribution in [0, 0.1) is 0 Å². The molecule has 114 valence electrons. The fourth-order valence-electron chi connectivity index (χ4n) is 2.93. The van der Waals surface area contributed by atoms with Crippen molar-refractivity contribution in [2.75, 3.05) is 13.1 Å². The van der Waals surface area contributed by atoms with E-state index in [0.29, 0.717) is 0 Å². The lowest BCUT2D eigenvalue weighted by Gasteiger charge is -2.26. The number of carbonyl (C=O) groups excluding carboxylic acids is 1. The van der Waals surface area contributed by atoms with Crippen LogP contribution in [0.1, 0.15) is 33.1 Å². The van der Waals surface area contributed by atoms with Crippen LogP contribution < -0.4 is 5.32 Å². The molecule has 1 unspecified atom stereocenters. The van der Waals surface area contributed by atoms with Crippen LogP contribution in [0.15, 0.2) is 41.8 Å². The molecule has 4 aliphatic rings. The summed E-state index contributed by atoms with van der Waals surface area (Å²) in [5.41, 5.74) is 1.09. The van der Waals surface area contributed by atoms with Gasteiger partial charge in [-0.25, -0.2) is 4.99 Å². The Kier molecular flexibility index (Phi) is 4.83. The van der Waals surface area contributed by atoms with Crippen LogP contribution in [0.3, 0.4) is 0 Å². The van der Waals surface area contributed by atoms with Crippen molar-refractivity contribution in [3.63, 3.8) is 0 Å². The highest BCUT2D eigenvalue weighted by Crippen LogP contribution is 2.20. The summed E-state index contributed by atoms with van der Waals surface area (Å²) in [5, 5.41) is 3.14. The molecular formula is C16H24N4O. The number of hydrogen-bond acceptors (Lipinski definition) is 4. The number of fused-ring (bicyclic) bond motifs is 2. The Hall–Kier alpha value is -2.04. The molecule has 1 amide bonds. The molecule has 0 bridgehead atoms. The van der Waals surface area contributed by atoms with Gasteiger partial charge in [0.25, 0.3) is 0 Å². The van der Waals surface area contributed by atoms with E-state index in [4.69, 9.17) is 0 Å². The number of rotatable bonds is 0. The molecule has 0 aliphatic carbocycles. The minimum Gasteiger partial charge on any atom is -0.371 e. The maximum Gasteiger partial charge on any atom is 0.249 e. The van der Waals surface area contributed by atoms with E-state index < -0.39 is 0 Å². The molecule has 1 atom stereocenters. The normalized spacial score (nSPS) is 25.3. The first-order valence-electron chi connectivity index (χ1n) is 7.18. The molecule has 4 aliphatic heterocycles. The lowest BCUT2D eigenvalue weighted by atomic mass is 10.3. The minimum absolute atomic E-state index is 0. The van der Waals surface area contributed by atoms with Gasteiger partial charge in [0.05, 0.1) is 0 Å². The second-order valence-corrected chi connectivity index (χ2v) is 5.30. The van der Waals surface area contributed by atoms with Crippen molar-refractivity contribution in [2.24, 2.45) is 4.99 Å². The van der Waals surface area contributed by atoms with Gasteiger partial charge in [0.1, 0.15) is 12.0 Å². The van der Waals surface area contributed by atoms with Crippen molar-refractivity contribution in [3.8, 4) is 0 Å². The standard InChI is InChI=1S/C8H10N2.C7H10N2O.CH4/c1-7-4-5-9-8-3-2-6-10(7)8;10-7-3-4-8-6-2-1-5-9(6)7;/h4-5H,1-3,6H2;3-4,6,8H,1-2,5H2;1H4. The van der Waals surface area contributed by atoms with Crippen molar-refractivity contribution in [3.05, 3.63) is 36.8 Å². The number of amides is 1. The second-order valence-electron chi connectivity index (χ2n) is 5.30. The average molecular weight is 288 g/mol. The maximum absolute atomic E-state index is 11.1. The highest BCUT2D eigenvalue weighted by atomic mass is 16.2. The molecule has 0 aromatic carbocycles. The maximum atomic E-state index is 11.1. The van der Waals surface area contributed by atoms with Gasteiger partial charge in [0.15, 0.2) is 0 Å². The van der Waals surface area contributed by atoms with E-state index in [0.717, 1.165) is 38.0 Å². The third-order valence-electron chi connectivity index (χ3n) is 3.98. The van der Waals surface area contributed by atoms with E-state index >= 15 is 0 Å². The van der Waals surface area contributed by atoms with Crippen molar-refractivity contribution in [1.29, 1.82) is 0 Å². The molecule has 0 radical (unpaired) electrons.